The lowest BCUT2D eigenvalue weighted by molar-refractivity contribution is 0.141. The number of sulfonamides is 1. The van der Waals surface area contributed by atoms with Crippen molar-refractivity contribution < 1.29 is 8.42 Å². The molecule has 1 saturated heterocycles. The number of aromatic nitrogens is 2. The smallest absolute Gasteiger partial charge is 0.259 e. The molecule has 0 aliphatic carbocycles. The maximum atomic E-state index is 12.8. The highest BCUT2D eigenvalue weighted by molar-refractivity contribution is 7.88. The number of aromatic amines is 1. The molecule has 1 atom stereocenters. The third-order valence-electron chi connectivity index (χ3n) is 5.86. The van der Waals surface area contributed by atoms with E-state index < -0.39 is 10.0 Å². The molecule has 0 radical (unpaired) electrons. The number of hydrogen-bond donors (Lipinski definition) is 1. The van der Waals surface area contributed by atoms with Crippen LogP contribution in [0.2, 0.25) is 0 Å². The standard InChI is InChI=1S/C21H26N4O3S2/c1-14-16(3)29-21-18(14)20(26)22-19(23-21)15(2)24-9-11-25(12-10-24)30(27,28)13-17-7-5-4-6-8-17/h4-8,15H,9-13H2,1-3H3,(H,22,23,26). The maximum Gasteiger partial charge on any atom is 0.259 e. The maximum absolute atomic E-state index is 12.8. The van der Waals surface area contributed by atoms with E-state index in [0.717, 1.165) is 20.8 Å². The number of piperazine rings is 1. The predicted molar refractivity (Wildman–Crippen MR) is 120 cm³/mol. The lowest BCUT2D eigenvalue weighted by Crippen LogP contribution is -2.49. The fourth-order valence-corrected chi connectivity index (χ4v) is 6.44. The molecule has 160 valence electrons. The topological polar surface area (TPSA) is 86.4 Å². The lowest BCUT2D eigenvalue weighted by Gasteiger charge is -2.37. The van der Waals surface area contributed by atoms with Crippen LogP contribution in [0.4, 0.5) is 0 Å². The Morgan fingerprint density at radius 3 is 2.47 bits per heavy atom. The molecule has 0 bridgehead atoms. The Morgan fingerprint density at radius 2 is 1.80 bits per heavy atom. The summed E-state index contributed by atoms with van der Waals surface area (Å²) in [7, 11) is -3.35. The summed E-state index contributed by atoms with van der Waals surface area (Å²) in [6.07, 6.45) is 0. The van der Waals surface area contributed by atoms with Crippen LogP contribution in [0.25, 0.3) is 10.2 Å². The second-order valence-corrected chi connectivity index (χ2v) is 10.9. The number of thiophene rings is 1. The van der Waals surface area contributed by atoms with Crippen molar-refractivity contribution in [1.29, 1.82) is 0 Å². The van der Waals surface area contributed by atoms with Gasteiger partial charge in [-0.25, -0.2) is 13.4 Å². The van der Waals surface area contributed by atoms with Crippen molar-refractivity contribution in [3.05, 3.63) is 62.5 Å². The Kier molecular flexibility index (Phi) is 5.80. The molecule has 1 fully saturated rings. The van der Waals surface area contributed by atoms with Crippen molar-refractivity contribution >= 4 is 31.6 Å². The highest BCUT2D eigenvalue weighted by Crippen LogP contribution is 2.28. The Balaban J connectivity index is 1.46. The quantitative estimate of drug-likeness (QED) is 0.651. The van der Waals surface area contributed by atoms with Crippen molar-refractivity contribution in [2.75, 3.05) is 26.2 Å². The Morgan fingerprint density at radius 1 is 1.13 bits per heavy atom. The summed E-state index contributed by atoms with van der Waals surface area (Å²) in [5.41, 5.74) is 1.68. The van der Waals surface area contributed by atoms with E-state index in [4.69, 9.17) is 4.98 Å². The summed E-state index contributed by atoms with van der Waals surface area (Å²) < 4.78 is 27.1. The second kappa shape index (κ2) is 8.22. The molecule has 2 aromatic heterocycles. The second-order valence-electron chi connectivity index (χ2n) is 7.77. The van der Waals surface area contributed by atoms with E-state index in [1.54, 1.807) is 4.31 Å². The van der Waals surface area contributed by atoms with Gasteiger partial charge in [-0.15, -0.1) is 11.3 Å². The van der Waals surface area contributed by atoms with Gasteiger partial charge in [-0.05, 0) is 31.9 Å². The molecule has 0 amide bonds. The number of fused-ring (bicyclic) bond motifs is 1. The third-order valence-corrected chi connectivity index (χ3v) is 8.81. The van der Waals surface area contributed by atoms with Crippen molar-refractivity contribution in [2.24, 2.45) is 0 Å². The molecule has 7 nitrogen and oxygen atoms in total. The van der Waals surface area contributed by atoms with E-state index in [9.17, 15) is 13.2 Å². The van der Waals surface area contributed by atoms with E-state index in [1.165, 1.54) is 11.3 Å². The van der Waals surface area contributed by atoms with Crippen molar-refractivity contribution in [3.8, 4) is 0 Å². The third kappa shape index (κ3) is 4.07. The van der Waals surface area contributed by atoms with Crippen LogP contribution in [0, 0.1) is 13.8 Å². The normalized spacial score (nSPS) is 17.4. The van der Waals surface area contributed by atoms with Crippen LogP contribution in [0.15, 0.2) is 35.1 Å². The van der Waals surface area contributed by atoms with Gasteiger partial charge in [-0.3, -0.25) is 9.69 Å². The van der Waals surface area contributed by atoms with Crippen LogP contribution in [-0.4, -0.2) is 53.8 Å². The Bertz CT molecular complexity index is 1210. The minimum absolute atomic E-state index is 0.0199. The molecule has 0 saturated carbocycles. The van der Waals surface area contributed by atoms with Gasteiger partial charge in [-0.1, -0.05) is 30.3 Å². The summed E-state index contributed by atoms with van der Waals surface area (Å²) in [6.45, 7) is 8.01. The van der Waals surface area contributed by atoms with Gasteiger partial charge in [0.05, 0.1) is 17.2 Å². The van der Waals surface area contributed by atoms with Crippen LogP contribution in [0.3, 0.4) is 0 Å². The Labute approximate surface area is 180 Å². The highest BCUT2D eigenvalue weighted by atomic mass is 32.2. The molecule has 1 aliphatic heterocycles. The van der Waals surface area contributed by atoms with Crippen LogP contribution < -0.4 is 5.56 Å². The average Bonchev–Trinajstić information content (AvgIpc) is 3.02. The molecule has 1 unspecified atom stereocenters. The molecule has 30 heavy (non-hydrogen) atoms. The molecule has 9 heteroatoms. The molecular formula is C21H26N4O3S2. The first-order valence-electron chi connectivity index (χ1n) is 10.0. The fourth-order valence-electron chi connectivity index (χ4n) is 3.89. The number of rotatable bonds is 5. The van der Waals surface area contributed by atoms with Gasteiger partial charge in [0.1, 0.15) is 10.7 Å². The molecule has 0 spiro atoms. The van der Waals surface area contributed by atoms with E-state index in [-0.39, 0.29) is 17.4 Å². The van der Waals surface area contributed by atoms with Crippen LogP contribution >= 0.6 is 11.3 Å². The van der Waals surface area contributed by atoms with E-state index in [0.29, 0.717) is 37.4 Å². The van der Waals surface area contributed by atoms with Gasteiger partial charge in [-0.2, -0.15) is 4.31 Å². The number of H-pyrrole nitrogens is 1. The summed E-state index contributed by atoms with van der Waals surface area (Å²) >= 11 is 1.54. The first kappa shape index (κ1) is 21.2. The zero-order valence-electron chi connectivity index (χ0n) is 17.4. The minimum atomic E-state index is -3.35. The van der Waals surface area contributed by atoms with Crippen molar-refractivity contribution in [1.82, 2.24) is 19.2 Å². The SMILES string of the molecule is Cc1sc2nc(C(C)N3CCN(S(=O)(=O)Cc4ccccc4)CC3)[nH]c(=O)c2c1C. The van der Waals surface area contributed by atoms with Crippen LogP contribution in [0.5, 0.6) is 0 Å². The largest absolute Gasteiger partial charge is 0.309 e. The van der Waals surface area contributed by atoms with Crippen LogP contribution in [0.1, 0.15) is 34.8 Å². The first-order valence-corrected chi connectivity index (χ1v) is 12.4. The van der Waals surface area contributed by atoms with E-state index in [1.807, 2.05) is 51.1 Å². The number of benzene rings is 1. The number of nitrogens with one attached hydrogen (secondary N) is 1. The van der Waals surface area contributed by atoms with Gasteiger partial charge in [0.15, 0.2) is 0 Å². The predicted octanol–water partition coefficient (Wildman–Crippen LogP) is 2.81. The Hall–Kier alpha value is -2.07. The number of hydrogen-bond acceptors (Lipinski definition) is 6. The number of nitrogens with zero attached hydrogens (tertiary/aromatic N) is 3. The molecule has 1 N–H and O–H groups in total. The van der Waals surface area contributed by atoms with Crippen molar-refractivity contribution in [2.45, 2.75) is 32.6 Å². The highest BCUT2D eigenvalue weighted by Gasteiger charge is 2.30. The van der Waals surface area contributed by atoms with Crippen molar-refractivity contribution in [3.63, 3.8) is 0 Å². The molecule has 3 aromatic rings. The van der Waals surface area contributed by atoms with Crippen LogP contribution in [-0.2, 0) is 15.8 Å². The summed E-state index contributed by atoms with van der Waals surface area (Å²) in [5, 5.41) is 0.672. The minimum Gasteiger partial charge on any atom is -0.309 e. The zero-order chi connectivity index (χ0) is 21.5. The molecular weight excluding hydrogens is 420 g/mol. The van der Waals surface area contributed by atoms with Gasteiger partial charge in [0.25, 0.3) is 5.56 Å². The number of aryl methyl sites for hydroxylation is 2. The summed E-state index contributed by atoms with van der Waals surface area (Å²) in [5.74, 6) is 0.654. The van der Waals surface area contributed by atoms with E-state index >= 15 is 0 Å². The summed E-state index contributed by atoms with van der Waals surface area (Å²) in [4.78, 5) is 24.3. The lowest BCUT2D eigenvalue weighted by atomic mass is 10.2. The monoisotopic (exact) mass is 446 g/mol. The van der Waals surface area contributed by atoms with Gasteiger partial charge in [0.2, 0.25) is 10.0 Å². The molecule has 1 aromatic carbocycles. The molecule has 3 heterocycles. The molecule has 1 aliphatic rings. The van der Waals surface area contributed by atoms with Gasteiger partial charge in [0, 0.05) is 31.1 Å². The fraction of sp³-hybridized carbons (Fsp3) is 0.429. The van der Waals surface area contributed by atoms with E-state index in [2.05, 4.69) is 9.88 Å². The zero-order valence-corrected chi connectivity index (χ0v) is 19.0. The average molecular weight is 447 g/mol. The first-order chi connectivity index (χ1) is 14.3. The van der Waals surface area contributed by atoms with Gasteiger partial charge < -0.3 is 4.98 Å². The van der Waals surface area contributed by atoms with Gasteiger partial charge >= 0.3 is 0 Å². The summed E-state index contributed by atoms with van der Waals surface area (Å²) in [6, 6.07) is 9.16. The molecule has 4 rings (SSSR count).